The van der Waals surface area contributed by atoms with Crippen LogP contribution in [0, 0.1) is 0 Å². The number of amides is 1. The molecule has 1 saturated heterocycles. The molecule has 1 aliphatic rings. The van der Waals surface area contributed by atoms with Crippen molar-refractivity contribution in [1.29, 1.82) is 0 Å². The van der Waals surface area contributed by atoms with Crippen LogP contribution in [0.15, 0.2) is 54.6 Å². The zero-order valence-electron chi connectivity index (χ0n) is 16.1. The van der Waals surface area contributed by atoms with Gasteiger partial charge in [-0.15, -0.1) is 0 Å². The topological polar surface area (TPSA) is 74.1 Å². The number of aliphatic carboxylic acids is 1. The van der Waals surface area contributed by atoms with Gasteiger partial charge in [0.05, 0.1) is 26.2 Å². The monoisotopic (exact) mass is 382 g/mol. The van der Waals surface area contributed by atoms with Crippen molar-refractivity contribution >= 4 is 11.9 Å². The smallest absolute Gasteiger partial charge is 0.223 e. The first-order valence-electron chi connectivity index (χ1n) is 9.68. The third kappa shape index (κ3) is 5.33. The van der Waals surface area contributed by atoms with Gasteiger partial charge in [-0.3, -0.25) is 4.79 Å². The second-order valence-electron chi connectivity index (χ2n) is 7.12. The second kappa shape index (κ2) is 9.37. The molecule has 0 bridgehead atoms. The zero-order valence-corrected chi connectivity index (χ0v) is 16.1. The van der Waals surface area contributed by atoms with Gasteiger partial charge in [-0.25, -0.2) is 0 Å². The first kappa shape index (κ1) is 19.9. The van der Waals surface area contributed by atoms with E-state index in [1.807, 2.05) is 42.5 Å². The lowest BCUT2D eigenvalue weighted by molar-refractivity contribution is -0.933. The van der Waals surface area contributed by atoms with Crippen LogP contribution in [0.1, 0.15) is 31.4 Å². The summed E-state index contributed by atoms with van der Waals surface area (Å²) in [5, 5.41) is 10.5. The van der Waals surface area contributed by atoms with Crippen LogP contribution >= 0.6 is 0 Å². The van der Waals surface area contributed by atoms with Crippen LogP contribution in [0.3, 0.4) is 0 Å². The standard InChI is InChI=1S/C22H26N2O4/c1-17(23-13-15-24(16-14-23)21(25)11-12-22(26)27)18-7-9-20(10-8-18)28-19-5-3-2-4-6-19/h2-10,17H,11-16H2,1H3,(H,26,27)/t17-/m1/s1. The molecule has 2 aromatic rings. The highest BCUT2D eigenvalue weighted by molar-refractivity contribution is 5.80. The molecule has 28 heavy (non-hydrogen) atoms. The number of quaternary nitrogens is 1. The highest BCUT2D eigenvalue weighted by Crippen LogP contribution is 2.22. The summed E-state index contributed by atoms with van der Waals surface area (Å²) in [6.45, 7) is 5.19. The molecule has 1 N–H and O–H groups in total. The normalized spacial score (nSPS) is 15.8. The van der Waals surface area contributed by atoms with Crippen molar-refractivity contribution in [3.8, 4) is 11.5 Å². The SMILES string of the molecule is C[C@H](c1ccc(Oc2ccccc2)cc1)[NH+]1CCN(C(=O)CCC(=O)[O-])CC1. The van der Waals surface area contributed by atoms with E-state index in [2.05, 4.69) is 19.1 Å². The van der Waals surface area contributed by atoms with Gasteiger partial charge in [0.25, 0.3) is 0 Å². The molecule has 1 fully saturated rings. The van der Waals surface area contributed by atoms with Gasteiger partial charge in [-0.2, -0.15) is 0 Å². The van der Waals surface area contributed by atoms with Crippen molar-refractivity contribution in [3.63, 3.8) is 0 Å². The Morgan fingerprint density at radius 2 is 1.61 bits per heavy atom. The van der Waals surface area contributed by atoms with Gasteiger partial charge in [0.1, 0.15) is 17.5 Å². The van der Waals surface area contributed by atoms with Gasteiger partial charge in [-0.05, 0) is 49.7 Å². The number of nitrogens with zero attached hydrogens (tertiary/aromatic N) is 1. The maximum Gasteiger partial charge on any atom is 0.223 e. The van der Waals surface area contributed by atoms with E-state index >= 15 is 0 Å². The number of nitrogens with one attached hydrogen (secondary N) is 1. The van der Waals surface area contributed by atoms with Gasteiger partial charge in [0.15, 0.2) is 0 Å². The summed E-state index contributed by atoms with van der Waals surface area (Å²) < 4.78 is 5.84. The van der Waals surface area contributed by atoms with Crippen molar-refractivity contribution in [2.75, 3.05) is 26.2 Å². The maximum atomic E-state index is 12.0. The number of carboxylic acids is 1. The fourth-order valence-electron chi connectivity index (χ4n) is 3.53. The molecule has 0 radical (unpaired) electrons. The van der Waals surface area contributed by atoms with Crippen LogP contribution in [0.5, 0.6) is 11.5 Å². The number of piperazine rings is 1. The van der Waals surface area contributed by atoms with Crippen LogP contribution in [0.4, 0.5) is 0 Å². The third-order valence-corrected chi connectivity index (χ3v) is 5.27. The predicted octanol–water partition coefficient (Wildman–Crippen LogP) is 0.797. The van der Waals surface area contributed by atoms with Crippen LogP contribution in [0.2, 0.25) is 0 Å². The molecule has 6 heteroatoms. The van der Waals surface area contributed by atoms with E-state index in [1.165, 1.54) is 10.5 Å². The molecule has 1 amide bonds. The van der Waals surface area contributed by atoms with E-state index in [-0.39, 0.29) is 18.7 Å². The number of ether oxygens (including phenoxy) is 1. The molecule has 3 rings (SSSR count). The van der Waals surface area contributed by atoms with Crippen molar-refractivity contribution in [2.24, 2.45) is 0 Å². The Hall–Kier alpha value is -2.86. The van der Waals surface area contributed by atoms with E-state index in [9.17, 15) is 14.7 Å². The second-order valence-corrected chi connectivity index (χ2v) is 7.12. The summed E-state index contributed by atoms with van der Waals surface area (Å²) in [5.74, 6) is 0.345. The molecule has 0 spiro atoms. The van der Waals surface area contributed by atoms with Crippen LogP contribution in [-0.4, -0.2) is 43.0 Å². The Morgan fingerprint density at radius 3 is 2.21 bits per heavy atom. The first-order chi connectivity index (χ1) is 13.5. The lowest BCUT2D eigenvalue weighted by Gasteiger charge is -2.35. The fraction of sp³-hybridized carbons (Fsp3) is 0.364. The van der Waals surface area contributed by atoms with Crippen LogP contribution in [0.25, 0.3) is 0 Å². The Morgan fingerprint density at radius 1 is 1.00 bits per heavy atom. The minimum absolute atomic E-state index is 0.0239. The lowest BCUT2D eigenvalue weighted by Crippen LogP contribution is -3.14. The van der Waals surface area contributed by atoms with E-state index in [0.29, 0.717) is 19.1 Å². The van der Waals surface area contributed by atoms with Gasteiger partial charge < -0.3 is 24.4 Å². The van der Waals surface area contributed by atoms with Crippen molar-refractivity contribution < 1.29 is 24.3 Å². The van der Waals surface area contributed by atoms with E-state index < -0.39 is 5.97 Å². The zero-order chi connectivity index (χ0) is 19.9. The number of benzene rings is 2. The number of carbonyl (C=O) groups is 2. The molecular weight excluding hydrogens is 356 g/mol. The fourth-order valence-corrected chi connectivity index (χ4v) is 3.53. The van der Waals surface area contributed by atoms with Crippen LogP contribution < -0.4 is 14.7 Å². The molecule has 0 aliphatic carbocycles. The summed E-state index contributed by atoms with van der Waals surface area (Å²) in [5.41, 5.74) is 1.23. The Balaban J connectivity index is 1.51. The minimum atomic E-state index is -1.18. The van der Waals surface area contributed by atoms with E-state index in [0.717, 1.165) is 24.6 Å². The lowest BCUT2D eigenvalue weighted by atomic mass is 10.1. The molecule has 1 heterocycles. The summed E-state index contributed by atoms with van der Waals surface area (Å²) >= 11 is 0. The van der Waals surface area contributed by atoms with E-state index in [1.54, 1.807) is 4.90 Å². The van der Waals surface area contributed by atoms with E-state index in [4.69, 9.17) is 4.74 Å². The molecule has 2 aromatic carbocycles. The highest BCUT2D eigenvalue weighted by atomic mass is 16.5. The Kier molecular flexibility index (Phi) is 6.66. The summed E-state index contributed by atoms with van der Waals surface area (Å²) in [7, 11) is 0. The summed E-state index contributed by atoms with van der Waals surface area (Å²) in [6, 6.07) is 18.2. The quantitative estimate of drug-likeness (QED) is 0.769. The van der Waals surface area contributed by atoms with Crippen LogP contribution in [-0.2, 0) is 9.59 Å². The molecule has 6 nitrogen and oxygen atoms in total. The molecule has 0 saturated carbocycles. The van der Waals surface area contributed by atoms with Crippen molar-refractivity contribution in [3.05, 3.63) is 60.2 Å². The average molecular weight is 382 g/mol. The number of rotatable bonds is 7. The number of carbonyl (C=O) groups excluding carboxylic acids is 2. The number of hydrogen-bond acceptors (Lipinski definition) is 4. The first-order valence-corrected chi connectivity index (χ1v) is 9.68. The molecular formula is C22H26N2O4. The molecule has 1 atom stereocenters. The summed E-state index contributed by atoms with van der Waals surface area (Å²) in [6.07, 6.45) is -0.185. The maximum absolute atomic E-state index is 12.0. The van der Waals surface area contributed by atoms with Gasteiger partial charge in [0, 0.05) is 18.0 Å². The molecule has 148 valence electrons. The molecule has 1 aliphatic heterocycles. The third-order valence-electron chi connectivity index (χ3n) is 5.27. The Labute approximate surface area is 165 Å². The summed E-state index contributed by atoms with van der Waals surface area (Å²) in [4.78, 5) is 25.7. The van der Waals surface area contributed by atoms with Crippen molar-refractivity contribution in [1.82, 2.24) is 4.90 Å². The van der Waals surface area contributed by atoms with Gasteiger partial charge in [0.2, 0.25) is 5.91 Å². The van der Waals surface area contributed by atoms with Gasteiger partial charge >= 0.3 is 0 Å². The highest BCUT2D eigenvalue weighted by Gasteiger charge is 2.27. The number of carboxylic acid groups (broad SMARTS) is 1. The largest absolute Gasteiger partial charge is 0.550 e. The number of para-hydroxylation sites is 1. The van der Waals surface area contributed by atoms with Crippen molar-refractivity contribution in [2.45, 2.75) is 25.8 Å². The molecule has 0 aromatic heterocycles. The predicted molar refractivity (Wildman–Crippen MR) is 103 cm³/mol. The minimum Gasteiger partial charge on any atom is -0.550 e. The number of hydrogen-bond donors (Lipinski definition) is 1. The average Bonchev–Trinajstić information content (AvgIpc) is 2.73. The van der Waals surface area contributed by atoms with Gasteiger partial charge in [-0.1, -0.05) is 18.2 Å². The molecule has 0 unspecified atom stereocenters. The Bertz CT molecular complexity index is 784.